The van der Waals surface area contributed by atoms with E-state index < -0.39 is 30.4 Å². The van der Waals surface area contributed by atoms with E-state index in [1.54, 1.807) is 0 Å². The molecule has 0 spiro atoms. The number of carbonyl (C=O) groups excluding carboxylic acids is 1. The summed E-state index contributed by atoms with van der Waals surface area (Å²) in [4.78, 5) is 29.6. The van der Waals surface area contributed by atoms with E-state index in [0.717, 1.165) is 5.56 Å². The molecule has 0 radical (unpaired) electrons. The second kappa shape index (κ2) is 9.93. The average molecular weight is 452 g/mol. The van der Waals surface area contributed by atoms with Crippen LogP contribution in [0.1, 0.15) is 37.4 Å². The molecule has 1 amide bonds. The first-order chi connectivity index (χ1) is 16.0. The number of benzene rings is 1. The maximum absolute atomic E-state index is 11.1. The lowest BCUT2D eigenvalue weighted by Crippen LogP contribution is -2.32. The van der Waals surface area contributed by atoms with Gasteiger partial charge in [-0.25, -0.2) is 15.4 Å². The first-order valence-corrected chi connectivity index (χ1v) is 10.5. The molecule has 0 bridgehead atoms. The van der Waals surface area contributed by atoms with Crippen molar-refractivity contribution in [2.75, 3.05) is 12.1 Å². The van der Waals surface area contributed by atoms with E-state index >= 15 is 0 Å². The van der Waals surface area contributed by atoms with E-state index in [-0.39, 0.29) is 18.7 Å². The smallest absolute Gasteiger partial charge is 0.217 e. The van der Waals surface area contributed by atoms with E-state index in [2.05, 4.69) is 32.3 Å². The number of amides is 1. The largest absolute Gasteiger partial charge is 0.388 e. The van der Waals surface area contributed by atoms with Gasteiger partial charge < -0.3 is 20.7 Å². The van der Waals surface area contributed by atoms with Gasteiger partial charge in [-0.2, -0.15) is 4.98 Å². The number of rotatable bonds is 7. The highest BCUT2D eigenvalue weighted by Gasteiger charge is 2.44. The topological polar surface area (TPSA) is 158 Å². The molecule has 0 saturated carbocycles. The number of nitrogens with one attached hydrogen (secondary N) is 1. The fraction of sp³-hybridized carbons (Fsp3) is 0.364. The molecule has 172 valence electrons. The summed E-state index contributed by atoms with van der Waals surface area (Å²) in [7, 11) is 0. The Kier molecular flexibility index (Phi) is 6.81. The number of anilines is 1. The minimum absolute atomic E-state index is 0.0235. The van der Waals surface area contributed by atoms with Crippen LogP contribution in [0.4, 0.5) is 5.82 Å². The third-order valence-electron chi connectivity index (χ3n) is 5.11. The Balaban J connectivity index is 1.71. The van der Waals surface area contributed by atoms with Crippen LogP contribution in [-0.4, -0.2) is 60.6 Å². The maximum Gasteiger partial charge on any atom is 0.217 e. The van der Waals surface area contributed by atoms with Crippen LogP contribution >= 0.6 is 0 Å². The summed E-state index contributed by atoms with van der Waals surface area (Å²) >= 11 is 0. The summed E-state index contributed by atoms with van der Waals surface area (Å²) in [5, 5.41) is 21.0. The lowest BCUT2D eigenvalue weighted by molar-refractivity contribution is -0.119. The zero-order valence-electron chi connectivity index (χ0n) is 17.9. The number of imidazole rings is 1. The molecule has 1 aliphatic heterocycles. The second-order valence-electron chi connectivity index (χ2n) is 7.42. The number of hydrogen-bond acceptors (Lipinski definition) is 9. The first-order valence-electron chi connectivity index (χ1n) is 10.5. The first kappa shape index (κ1) is 22.6. The van der Waals surface area contributed by atoms with Crippen molar-refractivity contribution in [3.05, 3.63) is 48.0 Å². The van der Waals surface area contributed by atoms with E-state index in [4.69, 9.17) is 15.3 Å². The molecule has 1 saturated heterocycles. The molecular weight excluding hydrogens is 428 g/mol. The quantitative estimate of drug-likeness (QED) is 0.295. The summed E-state index contributed by atoms with van der Waals surface area (Å²) in [6.07, 6.45) is -2.58. The van der Waals surface area contributed by atoms with E-state index in [1.807, 2.05) is 37.3 Å². The number of nitrogens with two attached hydrogens (primary N) is 1. The average Bonchev–Trinajstić information content (AvgIpc) is 3.36. The Morgan fingerprint density at radius 1 is 1.24 bits per heavy atom. The third-order valence-corrected chi connectivity index (χ3v) is 5.11. The maximum atomic E-state index is 11.1. The SMILES string of the molecule is CCONc1nc(C#Cc2ccccc2)nc2c1ncn2[C@@H]1O[C@@H](CCC(N)=O)[C@@H](O)[C@H]1O. The highest BCUT2D eigenvalue weighted by atomic mass is 16.6. The van der Waals surface area contributed by atoms with Crippen LogP contribution in [-0.2, 0) is 14.4 Å². The van der Waals surface area contributed by atoms with Gasteiger partial charge in [-0.15, -0.1) is 0 Å². The molecule has 4 atom stereocenters. The van der Waals surface area contributed by atoms with Crippen molar-refractivity contribution < 1.29 is 24.6 Å². The molecule has 1 fully saturated rings. The minimum Gasteiger partial charge on any atom is -0.388 e. The molecule has 11 heteroatoms. The van der Waals surface area contributed by atoms with Crippen LogP contribution in [0.3, 0.4) is 0 Å². The summed E-state index contributed by atoms with van der Waals surface area (Å²) in [6, 6.07) is 9.39. The molecule has 3 heterocycles. The Hall–Kier alpha value is -3.56. The van der Waals surface area contributed by atoms with Gasteiger partial charge in [0.05, 0.1) is 19.0 Å². The molecule has 11 nitrogen and oxygen atoms in total. The molecule has 1 aromatic carbocycles. The normalized spacial score (nSPS) is 22.2. The predicted octanol–water partition coefficient (Wildman–Crippen LogP) is 0.474. The van der Waals surface area contributed by atoms with Crippen LogP contribution < -0.4 is 11.2 Å². The van der Waals surface area contributed by atoms with E-state index in [1.165, 1.54) is 10.9 Å². The lowest BCUT2D eigenvalue weighted by atomic mass is 10.1. The van der Waals surface area contributed by atoms with Gasteiger partial charge >= 0.3 is 0 Å². The lowest BCUT2D eigenvalue weighted by Gasteiger charge is -2.16. The number of hydrogen-bond donors (Lipinski definition) is 4. The van der Waals surface area contributed by atoms with E-state index in [0.29, 0.717) is 23.6 Å². The summed E-state index contributed by atoms with van der Waals surface area (Å²) in [5.74, 6) is 5.92. The Bertz CT molecular complexity index is 1190. The number of ether oxygens (including phenoxy) is 1. The van der Waals surface area contributed by atoms with Crippen molar-refractivity contribution in [1.82, 2.24) is 19.5 Å². The number of aromatic nitrogens is 4. The molecule has 33 heavy (non-hydrogen) atoms. The number of carbonyl (C=O) groups is 1. The van der Waals surface area contributed by atoms with Crippen LogP contribution in [0.5, 0.6) is 0 Å². The van der Waals surface area contributed by atoms with Gasteiger partial charge in [-0.05, 0) is 31.4 Å². The summed E-state index contributed by atoms with van der Waals surface area (Å²) in [6.45, 7) is 2.20. The van der Waals surface area contributed by atoms with Crippen molar-refractivity contribution in [3.63, 3.8) is 0 Å². The molecule has 4 rings (SSSR count). The minimum atomic E-state index is -1.27. The molecule has 0 aliphatic carbocycles. The van der Waals surface area contributed by atoms with Crippen LogP contribution in [0.2, 0.25) is 0 Å². The van der Waals surface area contributed by atoms with E-state index in [9.17, 15) is 15.0 Å². The van der Waals surface area contributed by atoms with Gasteiger partial charge in [0.15, 0.2) is 23.2 Å². The number of fused-ring (bicyclic) bond motifs is 1. The highest BCUT2D eigenvalue weighted by molar-refractivity contribution is 5.83. The molecule has 1 aliphatic rings. The summed E-state index contributed by atoms with van der Waals surface area (Å²) in [5.41, 5.74) is 9.44. The van der Waals surface area contributed by atoms with Crippen LogP contribution in [0.25, 0.3) is 11.2 Å². The van der Waals surface area contributed by atoms with Crippen molar-refractivity contribution >= 4 is 22.9 Å². The summed E-state index contributed by atoms with van der Waals surface area (Å²) < 4.78 is 7.35. The predicted molar refractivity (Wildman–Crippen MR) is 117 cm³/mol. The van der Waals surface area contributed by atoms with Crippen LogP contribution in [0.15, 0.2) is 36.7 Å². The Morgan fingerprint density at radius 3 is 2.76 bits per heavy atom. The number of aliphatic hydroxyl groups is 2. The van der Waals surface area contributed by atoms with Gasteiger partial charge in [0.2, 0.25) is 11.7 Å². The Morgan fingerprint density at radius 2 is 2.03 bits per heavy atom. The zero-order valence-corrected chi connectivity index (χ0v) is 17.9. The van der Waals surface area contributed by atoms with Gasteiger partial charge in [0.25, 0.3) is 0 Å². The second-order valence-corrected chi connectivity index (χ2v) is 7.42. The molecule has 2 aromatic heterocycles. The fourth-order valence-electron chi connectivity index (χ4n) is 3.50. The molecular formula is C22H24N6O5. The molecule has 5 N–H and O–H groups in total. The molecule has 3 aromatic rings. The van der Waals surface area contributed by atoms with Gasteiger partial charge in [-0.3, -0.25) is 14.2 Å². The van der Waals surface area contributed by atoms with Gasteiger partial charge in [0.1, 0.15) is 12.2 Å². The number of nitrogens with zero attached hydrogens (tertiary/aromatic N) is 4. The van der Waals surface area contributed by atoms with Crippen molar-refractivity contribution in [3.8, 4) is 11.8 Å². The van der Waals surface area contributed by atoms with Crippen molar-refractivity contribution in [1.29, 1.82) is 0 Å². The van der Waals surface area contributed by atoms with Crippen LogP contribution in [0, 0.1) is 11.8 Å². The Labute approximate surface area is 189 Å². The monoisotopic (exact) mass is 452 g/mol. The van der Waals surface area contributed by atoms with Gasteiger partial charge in [0, 0.05) is 12.0 Å². The fourth-order valence-corrected chi connectivity index (χ4v) is 3.50. The van der Waals surface area contributed by atoms with Gasteiger partial charge in [-0.1, -0.05) is 24.1 Å². The number of primary amides is 1. The number of aliphatic hydroxyl groups excluding tert-OH is 2. The van der Waals surface area contributed by atoms with Crippen molar-refractivity contribution in [2.45, 2.75) is 44.3 Å². The van der Waals surface area contributed by atoms with Crippen molar-refractivity contribution in [2.24, 2.45) is 5.73 Å². The standard InChI is InChI=1S/C22H24N6O5/c1-2-32-27-20-17-21(26-16(25-20)11-8-13-6-4-3-5-7-13)28(12-24-17)22-19(31)18(30)14(33-22)9-10-15(23)29/h3-7,12,14,18-19,22,30-31H,2,9-10H2,1H3,(H2,23,29)(H,25,26,27)/t14-,18+,19+,22+/m0/s1. The highest BCUT2D eigenvalue weighted by Crippen LogP contribution is 2.34. The third kappa shape index (κ3) is 4.94. The zero-order chi connectivity index (χ0) is 23.4. The molecule has 0 unspecified atom stereocenters.